The highest BCUT2D eigenvalue weighted by atomic mass is 16.5. The first-order valence-electron chi connectivity index (χ1n) is 9.14. The van der Waals surface area contributed by atoms with Crippen LogP contribution in [0.1, 0.15) is 50.2 Å². The van der Waals surface area contributed by atoms with Crippen LogP contribution in [0.15, 0.2) is 54.6 Å². The Morgan fingerprint density at radius 2 is 1.52 bits per heavy atom. The molecule has 0 unspecified atom stereocenters. The van der Waals surface area contributed by atoms with Crippen molar-refractivity contribution in [2.75, 3.05) is 13.7 Å². The molecule has 0 amide bonds. The molecule has 132 valence electrons. The summed E-state index contributed by atoms with van der Waals surface area (Å²) >= 11 is 0. The fraction of sp³-hybridized carbons (Fsp3) is 0.391. The van der Waals surface area contributed by atoms with E-state index in [1.54, 1.807) is 7.11 Å². The molecule has 2 nitrogen and oxygen atoms in total. The maximum Gasteiger partial charge on any atom is 0.119 e. The number of hydrogen-bond acceptors (Lipinski definition) is 2. The number of methoxy groups -OCH3 is 1. The SMILES string of the molecule is CCCCCC[C@@H](COc1ccc(C#Cc2ccccc2)cc1)OC. The number of unbranched alkanes of at least 4 members (excludes halogenated alkanes) is 3. The van der Waals surface area contributed by atoms with E-state index in [-0.39, 0.29) is 6.10 Å². The van der Waals surface area contributed by atoms with Gasteiger partial charge in [0.05, 0.1) is 6.10 Å². The molecule has 0 heterocycles. The maximum atomic E-state index is 5.86. The van der Waals surface area contributed by atoms with Crippen LogP contribution < -0.4 is 4.74 Å². The van der Waals surface area contributed by atoms with Gasteiger partial charge in [0.2, 0.25) is 0 Å². The molecule has 0 bridgehead atoms. The molecule has 25 heavy (non-hydrogen) atoms. The lowest BCUT2D eigenvalue weighted by Gasteiger charge is -2.16. The number of hydrogen-bond donors (Lipinski definition) is 0. The normalized spacial score (nSPS) is 11.4. The molecule has 2 heteroatoms. The summed E-state index contributed by atoms with van der Waals surface area (Å²) in [6, 6.07) is 17.9. The van der Waals surface area contributed by atoms with E-state index < -0.39 is 0 Å². The Bertz CT molecular complexity index is 650. The van der Waals surface area contributed by atoms with E-state index in [0.717, 1.165) is 23.3 Å². The van der Waals surface area contributed by atoms with Crippen LogP contribution in [0.4, 0.5) is 0 Å². The van der Waals surface area contributed by atoms with Crippen LogP contribution in [0.2, 0.25) is 0 Å². The molecular formula is C23H28O2. The Hall–Kier alpha value is -2.24. The van der Waals surface area contributed by atoms with Crippen molar-refractivity contribution in [3.8, 4) is 17.6 Å². The standard InChI is InChI=1S/C23H28O2/c1-3-4-5-9-12-23(24-2)19-25-22-17-15-21(16-18-22)14-13-20-10-7-6-8-11-20/h6-8,10-11,15-18,23H,3-5,9,12,19H2,1-2H3/t23-/m0/s1. The fourth-order valence-electron chi connectivity index (χ4n) is 2.56. The van der Waals surface area contributed by atoms with Gasteiger partial charge in [0.1, 0.15) is 12.4 Å². The Morgan fingerprint density at radius 3 is 2.16 bits per heavy atom. The second-order valence-corrected chi connectivity index (χ2v) is 6.16. The fourth-order valence-corrected chi connectivity index (χ4v) is 2.56. The molecule has 0 spiro atoms. The average Bonchev–Trinajstić information content (AvgIpc) is 2.67. The molecule has 1 atom stereocenters. The third kappa shape index (κ3) is 7.45. The molecule has 0 radical (unpaired) electrons. The molecule has 0 aliphatic rings. The maximum absolute atomic E-state index is 5.86. The lowest BCUT2D eigenvalue weighted by Crippen LogP contribution is -2.20. The molecular weight excluding hydrogens is 308 g/mol. The molecule has 0 saturated carbocycles. The van der Waals surface area contributed by atoms with E-state index in [4.69, 9.17) is 9.47 Å². The van der Waals surface area contributed by atoms with Gasteiger partial charge in [-0.15, -0.1) is 0 Å². The van der Waals surface area contributed by atoms with E-state index in [1.165, 1.54) is 25.7 Å². The van der Waals surface area contributed by atoms with E-state index in [1.807, 2.05) is 54.6 Å². The summed E-state index contributed by atoms with van der Waals surface area (Å²) in [5.74, 6) is 7.20. The summed E-state index contributed by atoms with van der Waals surface area (Å²) < 4.78 is 11.4. The summed E-state index contributed by atoms with van der Waals surface area (Å²) in [4.78, 5) is 0. The summed E-state index contributed by atoms with van der Waals surface area (Å²) in [6.45, 7) is 2.82. The van der Waals surface area contributed by atoms with E-state index in [0.29, 0.717) is 6.61 Å². The van der Waals surface area contributed by atoms with Crippen molar-refractivity contribution in [1.29, 1.82) is 0 Å². The zero-order valence-electron chi connectivity index (χ0n) is 15.3. The minimum Gasteiger partial charge on any atom is -0.491 e. The lowest BCUT2D eigenvalue weighted by molar-refractivity contribution is 0.0502. The smallest absolute Gasteiger partial charge is 0.119 e. The van der Waals surface area contributed by atoms with E-state index in [9.17, 15) is 0 Å². The monoisotopic (exact) mass is 336 g/mol. The van der Waals surface area contributed by atoms with Gasteiger partial charge >= 0.3 is 0 Å². The highest BCUT2D eigenvalue weighted by Crippen LogP contribution is 2.14. The van der Waals surface area contributed by atoms with Gasteiger partial charge in [-0.1, -0.05) is 62.6 Å². The highest BCUT2D eigenvalue weighted by molar-refractivity contribution is 5.44. The summed E-state index contributed by atoms with van der Waals surface area (Å²) in [6.07, 6.45) is 6.23. The quantitative estimate of drug-likeness (QED) is 0.448. The van der Waals surface area contributed by atoms with Crippen LogP contribution in [-0.4, -0.2) is 19.8 Å². The average molecular weight is 336 g/mol. The largest absolute Gasteiger partial charge is 0.491 e. The van der Waals surface area contributed by atoms with E-state index >= 15 is 0 Å². The van der Waals surface area contributed by atoms with Crippen molar-refractivity contribution < 1.29 is 9.47 Å². The lowest BCUT2D eigenvalue weighted by atomic mass is 10.1. The molecule has 0 saturated heterocycles. The molecule has 0 aliphatic carbocycles. The van der Waals surface area contributed by atoms with Crippen LogP contribution in [0.5, 0.6) is 5.75 Å². The molecule has 2 aromatic carbocycles. The Morgan fingerprint density at radius 1 is 0.840 bits per heavy atom. The molecule has 0 N–H and O–H groups in total. The van der Waals surface area contributed by atoms with Gasteiger partial charge in [-0.05, 0) is 42.8 Å². The van der Waals surface area contributed by atoms with Crippen LogP contribution in [-0.2, 0) is 4.74 Å². The molecule has 2 aromatic rings. The minimum absolute atomic E-state index is 0.161. The zero-order valence-corrected chi connectivity index (χ0v) is 15.3. The Balaban J connectivity index is 1.80. The predicted molar refractivity (Wildman–Crippen MR) is 104 cm³/mol. The minimum atomic E-state index is 0.161. The number of ether oxygens (including phenoxy) is 2. The summed E-state index contributed by atoms with van der Waals surface area (Å²) in [7, 11) is 1.76. The second-order valence-electron chi connectivity index (χ2n) is 6.16. The van der Waals surface area contributed by atoms with Crippen LogP contribution in [0.25, 0.3) is 0 Å². The van der Waals surface area contributed by atoms with Gasteiger partial charge in [-0.25, -0.2) is 0 Å². The first-order chi connectivity index (χ1) is 12.3. The van der Waals surface area contributed by atoms with Gasteiger partial charge in [0.25, 0.3) is 0 Å². The van der Waals surface area contributed by atoms with Gasteiger partial charge in [0.15, 0.2) is 0 Å². The third-order valence-electron chi connectivity index (χ3n) is 4.13. The van der Waals surface area contributed by atoms with Crippen LogP contribution in [0, 0.1) is 11.8 Å². The van der Waals surface area contributed by atoms with Crippen molar-refractivity contribution >= 4 is 0 Å². The number of benzene rings is 2. The van der Waals surface area contributed by atoms with Crippen molar-refractivity contribution in [2.45, 2.75) is 45.1 Å². The molecule has 0 aliphatic heterocycles. The van der Waals surface area contributed by atoms with Gasteiger partial charge in [-0.2, -0.15) is 0 Å². The second kappa shape index (κ2) is 11.3. The Labute approximate surface area is 152 Å². The third-order valence-corrected chi connectivity index (χ3v) is 4.13. The molecule has 2 rings (SSSR count). The van der Waals surface area contributed by atoms with Crippen molar-refractivity contribution in [3.05, 3.63) is 65.7 Å². The summed E-state index contributed by atoms with van der Waals surface area (Å²) in [5, 5.41) is 0. The topological polar surface area (TPSA) is 18.5 Å². The predicted octanol–water partition coefficient (Wildman–Crippen LogP) is 5.45. The van der Waals surface area contributed by atoms with Crippen LogP contribution >= 0.6 is 0 Å². The first-order valence-corrected chi connectivity index (χ1v) is 9.14. The molecule has 0 fully saturated rings. The number of rotatable bonds is 9. The van der Waals surface area contributed by atoms with E-state index in [2.05, 4.69) is 18.8 Å². The van der Waals surface area contributed by atoms with Crippen molar-refractivity contribution in [2.24, 2.45) is 0 Å². The Kier molecular flexibility index (Phi) is 8.66. The van der Waals surface area contributed by atoms with Gasteiger partial charge < -0.3 is 9.47 Å². The van der Waals surface area contributed by atoms with Crippen LogP contribution in [0.3, 0.4) is 0 Å². The highest BCUT2D eigenvalue weighted by Gasteiger charge is 2.08. The summed E-state index contributed by atoms with van der Waals surface area (Å²) in [5.41, 5.74) is 2.01. The van der Waals surface area contributed by atoms with Gasteiger partial charge in [0, 0.05) is 18.2 Å². The first kappa shape index (κ1) is 19.1. The van der Waals surface area contributed by atoms with Crippen molar-refractivity contribution in [1.82, 2.24) is 0 Å². The zero-order chi connectivity index (χ0) is 17.7. The van der Waals surface area contributed by atoms with Gasteiger partial charge in [-0.3, -0.25) is 0 Å². The molecule has 0 aromatic heterocycles. The van der Waals surface area contributed by atoms with Crippen molar-refractivity contribution in [3.63, 3.8) is 0 Å².